The summed E-state index contributed by atoms with van der Waals surface area (Å²) in [6.07, 6.45) is 1.27. The van der Waals surface area contributed by atoms with Gasteiger partial charge in [0.15, 0.2) is 11.5 Å². The van der Waals surface area contributed by atoms with Gasteiger partial charge < -0.3 is 19.5 Å². The van der Waals surface area contributed by atoms with Gasteiger partial charge in [0.25, 0.3) is 0 Å². The Hall–Kier alpha value is -2.04. The van der Waals surface area contributed by atoms with Crippen LogP contribution in [0.15, 0.2) is 42.5 Å². The van der Waals surface area contributed by atoms with Gasteiger partial charge in [-0.05, 0) is 45.4 Å². The first-order valence-corrected chi connectivity index (χ1v) is 9.26. The Bertz CT molecular complexity index is 670. The smallest absolute Gasteiger partial charge is 0.166 e. The van der Waals surface area contributed by atoms with Gasteiger partial charge in [-0.3, -0.25) is 0 Å². The highest BCUT2D eigenvalue weighted by Crippen LogP contribution is 2.31. The first kappa shape index (κ1) is 20.3. The highest BCUT2D eigenvalue weighted by Gasteiger charge is 2.11. The van der Waals surface area contributed by atoms with Gasteiger partial charge in [0.05, 0.1) is 13.2 Å². The molecule has 0 aliphatic rings. The molecule has 0 bridgehead atoms. The Morgan fingerprint density at radius 2 is 1.88 bits per heavy atom. The minimum Gasteiger partial charge on any atom is -0.493 e. The van der Waals surface area contributed by atoms with Crippen molar-refractivity contribution in [2.24, 2.45) is 0 Å². The van der Waals surface area contributed by atoms with Gasteiger partial charge in [0.1, 0.15) is 6.61 Å². The minimum atomic E-state index is 0.287. The molecule has 0 aliphatic carbocycles. The van der Waals surface area contributed by atoms with Crippen molar-refractivity contribution in [3.8, 4) is 11.5 Å². The molecule has 26 heavy (non-hydrogen) atoms. The van der Waals surface area contributed by atoms with Crippen molar-refractivity contribution in [2.75, 3.05) is 20.3 Å². The Balaban J connectivity index is 1.93. The van der Waals surface area contributed by atoms with E-state index in [1.807, 2.05) is 12.1 Å². The van der Waals surface area contributed by atoms with Crippen molar-refractivity contribution in [1.29, 1.82) is 0 Å². The zero-order chi connectivity index (χ0) is 18.8. The van der Waals surface area contributed by atoms with Crippen molar-refractivity contribution >= 4 is 0 Å². The molecule has 0 saturated heterocycles. The summed E-state index contributed by atoms with van der Waals surface area (Å²) in [6, 6.07) is 14.4. The third-order valence-electron chi connectivity index (χ3n) is 4.01. The average molecular weight is 357 g/mol. The first-order valence-electron chi connectivity index (χ1n) is 9.26. The van der Waals surface area contributed by atoms with Crippen LogP contribution in [0.1, 0.15) is 37.0 Å². The molecule has 4 heteroatoms. The largest absolute Gasteiger partial charge is 0.493 e. The van der Waals surface area contributed by atoms with E-state index in [-0.39, 0.29) is 6.10 Å². The summed E-state index contributed by atoms with van der Waals surface area (Å²) < 4.78 is 17.2. The molecule has 2 aromatic carbocycles. The second kappa shape index (κ2) is 10.8. The standard InChI is InChI=1S/C22H31NO3/c1-17(2)25-13-7-12-23-15-20-10-6-11-21(24-4)22(20)26-16-19-9-5-8-18(3)14-19/h5-6,8-11,14,17,23H,7,12-13,15-16H2,1-4H3. The van der Waals surface area contributed by atoms with E-state index in [0.717, 1.165) is 48.7 Å². The summed E-state index contributed by atoms with van der Waals surface area (Å²) >= 11 is 0. The lowest BCUT2D eigenvalue weighted by Gasteiger charge is -2.16. The van der Waals surface area contributed by atoms with Gasteiger partial charge in [-0.25, -0.2) is 0 Å². The Morgan fingerprint density at radius 3 is 2.62 bits per heavy atom. The van der Waals surface area contributed by atoms with E-state index in [4.69, 9.17) is 14.2 Å². The number of aryl methyl sites for hydroxylation is 1. The number of nitrogens with one attached hydrogen (secondary N) is 1. The fourth-order valence-corrected chi connectivity index (χ4v) is 2.72. The zero-order valence-electron chi connectivity index (χ0n) is 16.4. The summed E-state index contributed by atoms with van der Waals surface area (Å²) in [7, 11) is 1.68. The molecule has 0 atom stereocenters. The van der Waals surface area contributed by atoms with E-state index in [1.165, 1.54) is 5.56 Å². The molecule has 2 aromatic rings. The number of para-hydroxylation sites is 1. The molecule has 1 N–H and O–H groups in total. The molecule has 0 heterocycles. The highest BCUT2D eigenvalue weighted by atomic mass is 16.5. The number of methoxy groups -OCH3 is 1. The number of ether oxygens (including phenoxy) is 3. The molecule has 0 unspecified atom stereocenters. The summed E-state index contributed by atoms with van der Waals surface area (Å²) in [5, 5.41) is 3.46. The normalized spacial score (nSPS) is 11.0. The van der Waals surface area contributed by atoms with Crippen molar-refractivity contribution in [1.82, 2.24) is 5.32 Å². The third kappa shape index (κ3) is 6.70. The van der Waals surface area contributed by atoms with E-state index in [0.29, 0.717) is 6.61 Å². The predicted molar refractivity (Wildman–Crippen MR) is 106 cm³/mol. The van der Waals surface area contributed by atoms with E-state index < -0.39 is 0 Å². The van der Waals surface area contributed by atoms with Gasteiger partial charge >= 0.3 is 0 Å². The lowest BCUT2D eigenvalue weighted by atomic mass is 10.1. The lowest BCUT2D eigenvalue weighted by molar-refractivity contribution is 0.0770. The van der Waals surface area contributed by atoms with Gasteiger partial charge in [-0.15, -0.1) is 0 Å². The Kier molecular flexibility index (Phi) is 8.45. The van der Waals surface area contributed by atoms with E-state index in [2.05, 4.69) is 56.4 Å². The maximum atomic E-state index is 6.12. The molecular weight excluding hydrogens is 326 g/mol. The number of hydrogen-bond acceptors (Lipinski definition) is 4. The fourth-order valence-electron chi connectivity index (χ4n) is 2.72. The summed E-state index contributed by atoms with van der Waals surface area (Å²) in [6.45, 7) is 9.15. The first-order chi connectivity index (χ1) is 12.6. The van der Waals surface area contributed by atoms with Crippen molar-refractivity contribution in [2.45, 2.75) is 46.4 Å². The molecule has 0 saturated carbocycles. The molecule has 0 aromatic heterocycles. The van der Waals surface area contributed by atoms with E-state index in [1.54, 1.807) is 7.11 Å². The predicted octanol–water partition coefficient (Wildman–Crippen LogP) is 4.49. The van der Waals surface area contributed by atoms with Crippen LogP contribution in [0.3, 0.4) is 0 Å². The second-order valence-corrected chi connectivity index (χ2v) is 6.68. The van der Waals surface area contributed by atoms with Crippen molar-refractivity contribution in [3.05, 3.63) is 59.2 Å². The molecule has 0 amide bonds. The van der Waals surface area contributed by atoms with Crippen LogP contribution in [0.2, 0.25) is 0 Å². The maximum Gasteiger partial charge on any atom is 0.166 e. The van der Waals surface area contributed by atoms with Crippen LogP contribution in [0.4, 0.5) is 0 Å². The Labute approximate surface area is 157 Å². The van der Waals surface area contributed by atoms with Gasteiger partial charge in [0, 0.05) is 18.7 Å². The lowest BCUT2D eigenvalue weighted by Crippen LogP contribution is -2.18. The highest BCUT2D eigenvalue weighted by molar-refractivity contribution is 5.46. The van der Waals surface area contributed by atoms with Gasteiger partial charge in [-0.2, -0.15) is 0 Å². The van der Waals surface area contributed by atoms with Crippen LogP contribution < -0.4 is 14.8 Å². The van der Waals surface area contributed by atoms with E-state index in [9.17, 15) is 0 Å². The van der Waals surface area contributed by atoms with Crippen LogP contribution in [0.5, 0.6) is 11.5 Å². The number of rotatable bonds is 11. The second-order valence-electron chi connectivity index (χ2n) is 6.68. The summed E-state index contributed by atoms with van der Waals surface area (Å²) in [5.74, 6) is 1.57. The van der Waals surface area contributed by atoms with Crippen molar-refractivity contribution < 1.29 is 14.2 Å². The molecule has 0 radical (unpaired) electrons. The van der Waals surface area contributed by atoms with Crippen LogP contribution in [-0.4, -0.2) is 26.4 Å². The quantitative estimate of drug-likeness (QED) is 0.602. The Morgan fingerprint density at radius 1 is 1.08 bits per heavy atom. The molecule has 0 spiro atoms. The molecule has 142 valence electrons. The third-order valence-corrected chi connectivity index (χ3v) is 4.01. The van der Waals surface area contributed by atoms with Gasteiger partial charge in [0.2, 0.25) is 0 Å². The van der Waals surface area contributed by atoms with Crippen molar-refractivity contribution in [3.63, 3.8) is 0 Å². The minimum absolute atomic E-state index is 0.287. The zero-order valence-corrected chi connectivity index (χ0v) is 16.4. The summed E-state index contributed by atoms with van der Waals surface area (Å²) in [4.78, 5) is 0. The van der Waals surface area contributed by atoms with Crippen LogP contribution in [0.25, 0.3) is 0 Å². The molecule has 2 rings (SSSR count). The van der Waals surface area contributed by atoms with Crippen LogP contribution >= 0.6 is 0 Å². The topological polar surface area (TPSA) is 39.7 Å². The van der Waals surface area contributed by atoms with Gasteiger partial charge in [-0.1, -0.05) is 42.0 Å². The SMILES string of the molecule is COc1cccc(CNCCCOC(C)C)c1OCc1cccc(C)c1. The number of benzene rings is 2. The average Bonchev–Trinajstić information content (AvgIpc) is 2.63. The van der Waals surface area contributed by atoms with E-state index >= 15 is 0 Å². The molecule has 4 nitrogen and oxygen atoms in total. The molecular formula is C22H31NO3. The summed E-state index contributed by atoms with van der Waals surface area (Å²) in [5.41, 5.74) is 3.49. The maximum absolute atomic E-state index is 6.12. The van der Waals surface area contributed by atoms with Crippen LogP contribution in [-0.2, 0) is 17.9 Å². The molecule has 0 aliphatic heterocycles. The fraction of sp³-hybridized carbons (Fsp3) is 0.455. The monoisotopic (exact) mass is 357 g/mol. The number of hydrogen-bond donors (Lipinski definition) is 1. The molecule has 0 fully saturated rings. The van der Waals surface area contributed by atoms with Crippen LogP contribution in [0, 0.1) is 6.92 Å².